The first-order valence-corrected chi connectivity index (χ1v) is 6.51. The maximum Gasteiger partial charge on any atom is 0.0621 e. The molecular weight excluding hydrogens is 184 g/mol. The van der Waals surface area contributed by atoms with E-state index in [0.29, 0.717) is 6.42 Å². The van der Waals surface area contributed by atoms with E-state index in [9.17, 15) is 0 Å². The summed E-state index contributed by atoms with van der Waals surface area (Å²) in [6.45, 7) is 2.26. The average molecular weight is 208 g/mol. The van der Waals surface area contributed by atoms with Gasteiger partial charge in [0.2, 0.25) is 0 Å². The molecular formula is C13H24N2. The van der Waals surface area contributed by atoms with Gasteiger partial charge in [0.15, 0.2) is 0 Å². The van der Waals surface area contributed by atoms with Gasteiger partial charge in [-0.15, -0.1) is 0 Å². The Kier molecular flexibility index (Phi) is 7.29. The van der Waals surface area contributed by atoms with E-state index in [-0.39, 0.29) is 0 Å². The van der Waals surface area contributed by atoms with Crippen LogP contribution < -0.4 is 5.32 Å². The summed E-state index contributed by atoms with van der Waals surface area (Å²) in [5.41, 5.74) is 0. The minimum atomic E-state index is 0.712. The van der Waals surface area contributed by atoms with Gasteiger partial charge >= 0.3 is 0 Å². The number of nitriles is 1. The van der Waals surface area contributed by atoms with Crippen molar-refractivity contribution < 1.29 is 0 Å². The van der Waals surface area contributed by atoms with Crippen LogP contribution in [0.5, 0.6) is 0 Å². The van der Waals surface area contributed by atoms with E-state index in [1.54, 1.807) is 0 Å². The van der Waals surface area contributed by atoms with Crippen LogP contribution in [0.25, 0.3) is 0 Å². The molecule has 0 unspecified atom stereocenters. The van der Waals surface area contributed by atoms with Crippen molar-refractivity contribution in [2.24, 2.45) is 5.92 Å². The topological polar surface area (TPSA) is 35.8 Å². The Labute approximate surface area is 94.1 Å². The summed E-state index contributed by atoms with van der Waals surface area (Å²) in [5.74, 6) is 1.03. The monoisotopic (exact) mass is 208 g/mol. The van der Waals surface area contributed by atoms with Gasteiger partial charge in [0.05, 0.1) is 6.07 Å². The molecule has 15 heavy (non-hydrogen) atoms. The van der Waals surface area contributed by atoms with Gasteiger partial charge in [-0.1, -0.05) is 25.7 Å². The van der Waals surface area contributed by atoms with Gasteiger partial charge in [0, 0.05) is 6.42 Å². The van der Waals surface area contributed by atoms with Crippen LogP contribution >= 0.6 is 0 Å². The number of nitrogens with one attached hydrogen (secondary N) is 1. The number of hydrogen-bond acceptors (Lipinski definition) is 2. The summed E-state index contributed by atoms with van der Waals surface area (Å²) < 4.78 is 0. The molecule has 2 heteroatoms. The molecule has 0 saturated heterocycles. The molecule has 0 aliphatic heterocycles. The van der Waals surface area contributed by atoms with Gasteiger partial charge in [0.1, 0.15) is 0 Å². The third-order valence-electron chi connectivity index (χ3n) is 3.33. The molecule has 1 aliphatic carbocycles. The molecule has 0 aromatic carbocycles. The first-order chi connectivity index (χ1) is 7.43. The number of hydrogen-bond donors (Lipinski definition) is 1. The number of unbranched alkanes of at least 4 members (excludes halogenated alkanes) is 2. The molecule has 0 aromatic heterocycles. The SMILES string of the molecule is N#CCCCCNCCCC1CCCC1. The van der Waals surface area contributed by atoms with Crippen molar-refractivity contribution in [2.45, 2.75) is 57.8 Å². The molecule has 0 bridgehead atoms. The average Bonchev–Trinajstić information content (AvgIpc) is 2.75. The highest BCUT2D eigenvalue weighted by molar-refractivity contribution is 4.69. The van der Waals surface area contributed by atoms with Crippen LogP contribution in [0.4, 0.5) is 0 Å². The van der Waals surface area contributed by atoms with Crippen molar-refractivity contribution in [3.8, 4) is 6.07 Å². The third-order valence-corrected chi connectivity index (χ3v) is 3.33. The fourth-order valence-electron chi connectivity index (χ4n) is 2.39. The lowest BCUT2D eigenvalue weighted by Crippen LogP contribution is -2.17. The summed E-state index contributed by atoms with van der Waals surface area (Å²) in [6, 6.07) is 2.18. The molecule has 1 saturated carbocycles. The molecule has 1 aliphatic rings. The van der Waals surface area contributed by atoms with E-state index >= 15 is 0 Å². The van der Waals surface area contributed by atoms with Crippen molar-refractivity contribution in [3.05, 3.63) is 0 Å². The Balaban J connectivity index is 1.75. The highest BCUT2D eigenvalue weighted by Gasteiger charge is 2.13. The van der Waals surface area contributed by atoms with Gasteiger partial charge in [-0.25, -0.2) is 0 Å². The van der Waals surface area contributed by atoms with Gasteiger partial charge < -0.3 is 5.32 Å². The Morgan fingerprint density at radius 3 is 2.53 bits per heavy atom. The van der Waals surface area contributed by atoms with Gasteiger partial charge in [0.25, 0.3) is 0 Å². The lowest BCUT2D eigenvalue weighted by Gasteiger charge is -2.08. The summed E-state index contributed by atoms with van der Waals surface area (Å²) in [7, 11) is 0. The van der Waals surface area contributed by atoms with Crippen LogP contribution in [0, 0.1) is 17.2 Å². The van der Waals surface area contributed by atoms with E-state index in [0.717, 1.165) is 25.3 Å². The van der Waals surface area contributed by atoms with E-state index in [2.05, 4.69) is 11.4 Å². The largest absolute Gasteiger partial charge is 0.317 e. The zero-order valence-electron chi connectivity index (χ0n) is 9.80. The van der Waals surface area contributed by atoms with Crippen molar-refractivity contribution in [1.29, 1.82) is 5.26 Å². The molecule has 1 N–H and O–H groups in total. The molecule has 0 heterocycles. The predicted molar refractivity (Wildman–Crippen MR) is 63.5 cm³/mol. The smallest absolute Gasteiger partial charge is 0.0621 e. The summed E-state index contributed by atoms with van der Waals surface area (Å²) >= 11 is 0. The fourth-order valence-corrected chi connectivity index (χ4v) is 2.39. The van der Waals surface area contributed by atoms with Crippen molar-refractivity contribution in [3.63, 3.8) is 0 Å². The lowest BCUT2D eigenvalue weighted by atomic mass is 10.0. The van der Waals surface area contributed by atoms with Crippen LogP contribution in [-0.4, -0.2) is 13.1 Å². The Morgan fingerprint density at radius 1 is 1.07 bits per heavy atom. The van der Waals surface area contributed by atoms with Gasteiger partial charge in [-0.05, 0) is 44.7 Å². The standard InChI is InChI=1S/C13H24N2/c14-10-4-1-5-11-15-12-6-9-13-7-2-3-8-13/h13,15H,1-9,11-12H2. The predicted octanol–water partition coefficient (Wildman–Crippen LogP) is 3.24. The highest BCUT2D eigenvalue weighted by atomic mass is 14.8. The molecule has 0 radical (unpaired) electrons. The normalized spacial score (nSPS) is 16.7. The van der Waals surface area contributed by atoms with Crippen molar-refractivity contribution >= 4 is 0 Å². The van der Waals surface area contributed by atoms with Crippen LogP contribution in [0.1, 0.15) is 57.8 Å². The molecule has 1 rings (SSSR count). The van der Waals surface area contributed by atoms with E-state index in [1.807, 2.05) is 0 Å². The van der Waals surface area contributed by atoms with Gasteiger partial charge in [-0.2, -0.15) is 5.26 Å². The Bertz CT molecular complexity index is 177. The lowest BCUT2D eigenvalue weighted by molar-refractivity contribution is 0.468. The Hall–Kier alpha value is -0.550. The highest BCUT2D eigenvalue weighted by Crippen LogP contribution is 2.28. The molecule has 0 amide bonds. The van der Waals surface area contributed by atoms with Crippen molar-refractivity contribution in [2.75, 3.05) is 13.1 Å². The first kappa shape index (κ1) is 12.5. The van der Waals surface area contributed by atoms with E-state index in [1.165, 1.54) is 45.1 Å². The molecule has 0 spiro atoms. The summed E-state index contributed by atoms with van der Waals surface area (Å²) in [6.07, 6.45) is 11.5. The Morgan fingerprint density at radius 2 is 1.80 bits per heavy atom. The second-order valence-electron chi connectivity index (χ2n) is 4.66. The van der Waals surface area contributed by atoms with Gasteiger partial charge in [-0.3, -0.25) is 0 Å². The summed E-state index contributed by atoms with van der Waals surface area (Å²) in [4.78, 5) is 0. The second kappa shape index (κ2) is 8.73. The summed E-state index contributed by atoms with van der Waals surface area (Å²) in [5, 5.41) is 11.8. The van der Waals surface area contributed by atoms with Crippen LogP contribution in [0.15, 0.2) is 0 Å². The molecule has 2 nitrogen and oxygen atoms in total. The van der Waals surface area contributed by atoms with Crippen LogP contribution in [0.2, 0.25) is 0 Å². The third kappa shape index (κ3) is 6.52. The fraction of sp³-hybridized carbons (Fsp3) is 0.923. The second-order valence-corrected chi connectivity index (χ2v) is 4.66. The minimum absolute atomic E-state index is 0.712. The quantitative estimate of drug-likeness (QED) is 0.622. The minimum Gasteiger partial charge on any atom is -0.317 e. The first-order valence-electron chi connectivity index (χ1n) is 6.51. The zero-order chi connectivity index (χ0) is 10.8. The number of rotatable bonds is 8. The maximum atomic E-state index is 8.36. The van der Waals surface area contributed by atoms with Crippen LogP contribution in [0.3, 0.4) is 0 Å². The van der Waals surface area contributed by atoms with E-state index in [4.69, 9.17) is 5.26 Å². The molecule has 86 valence electrons. The van der Waals surface area contributed by atoms with Crippen molar-refractivity contribution in [1.82, 2.24) is 5.32 Å². The maximum absolute atomic E-state index is 8.36. The molecule has 1 fully saturated rings. The van der Waals surface area contributed by atoms with E-state index < -0.39 is 0 Å². The molecule has 0 atom stereocenters. The number of nitrogens with zero attached hydrogens (tertiary/aromatic N) is 1. The van der Waals surface area contributed by atoms with Crippen LogP contribution in [-0.2, 0) is 0 Å². The zero-order valence-corrected chi connectivity index (χ0v) is 9.80. The molecule has 0 aromatic rings.